The maximum Gasteiger partial charge on any atom is 0.249 e. The van der Waals surface area contributed by atoms with Gasteiger partial charge >= 0.3 is 0 Å². The lowest BCUT2D eigenvalue weighted by Gasteiger charge is -2.01. The number of pyridine rings is 1. The van der Waals surface area contributed by atoms with Gasteiger partial charge in [0.25, 0.3) is 0 Å². The molecule has 2 rings (SSSR count). The number of rotatable bonds is 5. The molecule has 0 saturated heterocycles. The minimum Gasteiger partial charge on any atom is -0.421 e. The van der Waals surface area contributed by atoms with Gasteiger partial charge in [-0.2, -0.15) is 0 Å². The Morgan fingerprint density at radius 3 is 2.78 bits per heavy atom. The van der Waals surface area contributed by atoms with E-state index in [1.54, 1.807) is 0 Å². The summed E-state index contributed by atoms with van der Waals surface area (Å²) in [4.78, 5) is 4.39. The average molecular weight is 246 g/mol. The normalized spacial score (nSPS) is 10.8. The molecule has 0 aliphatic heterocycles. The summed E-state index contributed by atoms with van der Waals surface area (Å²) in [7, 11) is 0. The molecule has 0 saturated carbocycles. The Bertz CT molecular complexity index is 521. The van der Waals surface area contributed by atoms with Crippen LogP contribution in [0.3, 0.4) is 0 Å². The zero-order valence-corrected chi connectivity index (χ0v) is 11.0. The van der Waals surface area contributed by atoms with Gasteiger partial charge in [0.05, 0.1) is 11.3 Å². The van der Waals surface area contributed by atoms with E-state index in [1.807, 2.05) is 26.0 Å². The minimum absolute atomic E-state index is 0.548. The van der Waals surface area contributed by atoms with E-state index in [9.17, 15) is 0 Å². The van der Waals surface area contributed by atoms with Crippen molar-refractivity contribution in [2.45, 2.75) is 27.2 Å². The van der Waals surface area contributed by atoms with Crippen molar-refractivity contribution in [3.05, 3.63) is 29.4 Å². The van der Waals surface area contributed by atoms with Gasteiger partial charge in [-0.3, -0.25) is 4.98 Å². The highest BCUT2D eigenvalue weighted by Crippen LogP contribution is 2.20. The Labute approximate surface area is 107 Å². The van der Waals surface area contributed by atoms with Crippen molar-refractivity contribution in [3.8, 4) is 11.5 Å². The molecule has 0 bridgehead atoms. The number of aromatic nitrogens is 3. The molecule has 0 fully saturated rings. The first-order chi connectivity index (χ1) is 8.70. The lowest BCUT2D eigenvalue weighted by molar-refractivity contribution is 0.496. The highest BCUT2D eigenvalue weighted by atomic mass is 16.4. The summed E-state index contributed by atoms with van der Waals surface area (Å²) in [6.07, 6.45) is 0.749. The Kier molecular flexibility index (Phi) is 4.04. The highest BCUT2D eigenvalue weighted by molar-refractivity contribution is 5.55. The third kappa shape index (κ3) is 2.92. The zero-order chi connectivity index (χ0) is 13.0. The molecule has 5 heteroatoms. The van der Waals surface area contributed by atoms with Crippen molar-refractivity contribution in [3.63, 3.8) is 0 Å². The van der Waals surface area contributed by atoms with Crippen LogP contribution in [0, 0.1) is 13.8 Å². The van der Waals surface area contributed by atoms with Crippen LogP contribution in [-0.4, -0.2) is 28.3 Å². The first-order valence-electron chi connectivity index (χ1n) is 6.18. The first kappa shape index (κ1) is 12.7. The van der Waals surface area contributed by atoms with Gasteiger partial charge in [0, 0.05) is 18.7 Å². The second-order valence-corrected chi connectivity index (χ2v) is 4.19. The molecule has 0 spiro atoms. The van der Waals surface area contributed by atoms with Gasteiger partial charge in [-0.1, -0.05) is 6.92 Å². The Balaban J connectivity index is 2.13. The van der Waals surface area contributed by atoms with Crippen LogP contribution in [0.25, 0.3) is 11.5 Å². The summed E-state index contributed by atoms with van der Waals surface area (Å²) in [5, 5.41) is 11.3. The monoisotopic (exact) mass is 246 g/mol. The number of likely N-dealkylation sites (N-methyl/N-ethyl adjacent to an activating group) is 1. The molecule has 5 nitrogen and oxygen atoms in total. The van der Waals surface area contributed by atoms with E-state index in [4.69, 9.17) is 4.42 Å². The smallest absolute Gasteiger partial charge is 0.249 e. The largest absolute Gasteiger partial charge is 0.421 e. The first-order valence-corrected chi connectivity index (χ1v) is 6.18. The summed E-state index contributed by atoms with van der Waals surface area (Å²) < 4.78 is 5.63. The molecule has 1 N–H and O–H groups in total. The second kappa shape index (κ2) is 5.73. The molecule has 2 aromatic rings. The summed E-state index contributed by atoms with van der Waals surface area (Å²) in [6.45, 7) is 7.78. The van der Waals surface area contributed by atoms with Crippen molar-refractivity contribution in [1.82, 2.24) is 20.5 Å². The number of hydrogen-bond acceptors (Lipinski definition) is 5. The van der Waals surface area contributed by atoms with Crippen molar-refractivity contribution < 1.29 is 4.42 Å². The van der Waals surface area contributed by atoms with Crippen LogP contribution >= 0.6 is 0 Å². The molecule has 2 aromatic heterocycles. The van der Waals surface area contributed by atoms with E-state index in [0.29, 0.717) is 11.8 Å². The van der Waals surface area contributed by atoms with Crippen LogP contribution in [-0.2, 0) is 6.42 Å². The number of hydrogen-bond donors (Lipinski definition) is 1. The van der Waals surface area contributed by atoms with Gasteiger partial charge < -0.3 is 9.73 Å². The SMILES string of the molecule is CCNCCc1nnc(-c2ccc(C)nc2C)o1. The quantitative estimate of drug-likeness (QED) is 0.816. The average Bonchev–Trinajstić information content (AvgIpc) is 2.78. The molecule has 0 aliphatic rings. The molecule has 0 unspecified atom stereocenters. The number of nitrogens with zero attached hydrogens (tertiary/aromatic N) is 3. The van der Waals surface area contributed by atoms with Crippen molar-refractivity contribution in [2.75, 3.05) is 13.1 Å². The van der Waals surface area contributed by atoms with Crippen LogP contribution in [0.5, 0.6) is 0 Å². The van der Waals surface area contributed by atoms with Crippen molar-refractivity contribution >= 4 is 0 Å². The third-order valence-corrected chi connectivity index (χ3v) is 2.69. The maximum atomic E-state index is 5.63. The second-order valence-electron chi connectivity index (χ2n) is 4.19. The van der Waals surface area contributed by atoms with Crippen molar-refractivity contribution in [1.29, 1.82) is 0 Å². The van der Waals surface area contributed by atoms with E-state index in [-0.39, 0.29) is 0 Å². The molecular weight excluding hydrogens is 228 g/mol. The molecule has 0 radical (unpaired) electrons. The third-order valence-electron chi connectivity index (χ3n) is 2.69. The fourth-order valence-electron chi connectivity index (χ4n) is 1.75. The van der Waals surface area contributed by atoms with Gasteiger partial charge in [-0.15, -0.1) is 10.2 Å². The predicted molar refractivity (Wildman–Crippen MR) is 69.3 cm³/mol. The highest BCUT2D eigenvalue weighted by Gasteiger charge is 2.11. The van der Waals surface area contributed by atoms with Crippen LogP contribution in [0.1, 0.15) is 24.2 Å². The Morgan fingerprint density at radius 2 is 2.06 bits per heavy atom. The Hall–Kier alpha value is -1.75. The number of aryl methyl sites for hydroxylation is 2. The minimum atomic E-state index is 0.548. The maximum absolute atomic E-state index is 5.63. The van der Waals surface area contributed by atoms with Gasteiger partial charge in [-0.25, -0.2) is 0 Å². The van der Waals surface area contributed by atoms with E-state index in [0.717, 1.165) is 36.5 Å². The van der Waals surface area contributed by atoms with Crippen molar-refractivity contribution in [2.24, 2.45) is 0 Å². The molecule has 2 heterocycles. The lowest BCUT2D eigenvalue weighted by atomic mass is 10.2. The summed E-state index contributed by atoms with van der Waals surface area (Å²) in [6, 6.07) is 3.92. The zero-order valence-electron chi connectivity index (χ0n) is 11.0. The molecule has 0 aromatic carbocycles. The van der Waals surface area contributed by atoms with E-state index in [2.05, 4.69) is 27.4 Å². The molecular formula is C13H18N4O. The van der Waals surface area contributed by atoms with Crippen LogP contribution in [0.2, 0.25) is 0 Å². The Morgan fingerprint density at radius 1 is 1.22 bits per heavy atom. The number of nitrogens with one attached hydrogen (secondary N) is 1. The van der Waals surface area contributed by atoms with Gasteiger partial charge in [0.15, 0.2) is 0 Å². The van der Waals surface area contributed by atoms with Gasteiger partial charge in [-0.05, 0) is 32.5 Å². The van der Waals surface area contributed by atoms with E-state index >= 15 is 0 Å². The molecule has 0 aliphatic carbocycles. The summed E-state index contributed by atoms with van der Waals surface area (Å²) >= 11 is 0. The van der Waals surface area contributed by atoms with Gasteiger partial charge in [0.2, 0.25) is 11.8 Å². The standard InChI is InChI=1S/C13H18N4O/c1-4-14-8-7-12-16-17-13(18-12)11-6-5-9(2)15-10(11)3/h5-6,14H,4,7-8H2,1-3H3. The predicted octanol–water partition coefficient (Wildman–Crippen LogP) is 1.90. The summed E-state index contributed by atoms with van der Waals surface area (Å²) in [5.74, 6) is 1.21. The lowest BCUT2D eigenvalue weighted by Crippen LogP contribution is -2.16. The van der Waals surface area contributed by atoms with E-state index in [1.165, 1.54) is 0 Å². The fourth-order valence-corrected chi connectivity index (χ4v) is 1.75. The van der Waals surface area contributed by atoms with E-state index < -0.39 is 0 Å². The molecule has 18 heavy (non-hydrogen) atoms. The van der Waals surface area contributed by atoms with Crippen LogP contribution in [0.15, 0.2) is 16.5 Å². The molecule has 0 atom stereocenters. The summed E-state index contributed by atoms with van der Waals surface area (Å²) in [5.41, 5.74) is 2.81. The van der Waals surface area contributed by atoms with Crippen LogP contribution in [0.4, 0.5) is 0 Å². The van der Waals surface area contributed by atoms with Gasteiger partial charge in [0.1, 0.15) is 0 Å². The fraction of sp³-hybridized carbons (Fsp3) is 0.462. The molecule has 96 valence electrons. The molecule has 0 amide bonds. The topological polar surface area (TPSA) is 63.8 Å². The van der Waals surface area contributed by atoms with Crippen LogP contribution < -0.4 is 5.32 Å².